The first-order valence-electron chi connectivity index (χ1n) is 5.73. The zero-order chi connectivity index (χ0) is 13.9. The van der Waals surface area contributed by atoms with Crippen molar-refractivity contribution < 1.29 is 9.53 Å². The molecule has 0 aliphatic rings. The van der Waals surface area contributed by atoms with Gasteiger partial charge in [-0.05, 0) is 26.7 Å². The lowest BCUT2D eigenvalue weighted by Crippen LogP contribution is -2.27. The molecule has 0 radical (unpaired) electrons. The fourth-order valence-corrected chi connectivity index (χ4v) is 1.38. The number of hydrogen-bond donors (Lipinski definition) is 2. The predicted molar refractivity (Wildman–Crippen MR) is 67.2 cm³/mol. The third-order valence-electron chi connectivity index (χ3n) is 2.10. The van der Waals surface area contributed by atoms with Gasteiger partial charge in [-0.3, -0.25) is 10.4 Å². The lowest BCUT2D eigenvalue weighted by Gasteiger charge is -2.19. The van der Waals surface area contributed by atoms with Gasteiger partial charge >= 0.3 is 6.09 Å². The van der Waals surface area contributed by atoms with Crippen molar-refractivity contribution in [2.75, 3.05) is 5.32 Å². The Kier molecular flexibility index (Phi) is 3.96. The topological polar surface area (TPSA) is 90.8 Å². The van der Waals surface area contributed by atoms with E-state index in [2.05, 4.69) is 15.5 Å². The fraction of sp³-hybridized carbons (Fsp3) is 0.583. The highest BCUT2D eigenvalue weighted by Gasteiger charge is 2.21. The van der Waals surface area contributed by atoms with Crippen LogP contribution in [0.15, 0.2) is 0 Å². The van der Waals surface area contributed by atoms with Crippen LogP contribution in [-0.4, -0.2) is 21.9 Å². The molecular formula is C12H18N4O2. The van der Waals surface area contributed by atoms with Gasteiger partial charge in [0.25, 0.3) is 0 Å². The lowest BCUT2D eigenvalue weighted by atomic mass is 10.1. The van der Waals surface area contributed by atoms with Gasteiger partial charge in [0.05, 0.1) is 5.69 Å². The zero-order valence-corrected chi connectivity index (χ0v) is 11.3. The van der Waals surface area contributed by atoms with Crippen molar-refractivity contribution in [3.05, 3.63) is 11.3 Å². The standard InChI is InChI=1S/C12H18N4O2/c1-7(2)9-8(6-13)10(16-15-9)14-11(17)18-12(3,4)5/h7H,1-5H3,(H2,14,15,16,17). The minimum Gasteiger partial charge on any atom is -0.444 e. The number of ether oxygens (including phenoxy) is 1. The third kappa shape index (κ3) is 3.48. The number of nitrogens with one attached hydrogen (secondary N) is 2. The Hall–Kier alpha value is -2.03. The molecule has 0 aromatic carbocycles. The Morgan fingerprint density at radius 1 is 1.50 bits per heavy atom. The van der Waals surface area contributed by atoms with E-state index >= 15 is 0 Å². The number of rotatable bonds is 2. The summed E-state index contributed by atoms with van der Waals surface area (Å²) in [4.78, 5) is 11.6. The maximum atomic E-state index is 11.6. The first-order valence-corrected chi connectivity index (χ1v) is 5.73. The van der Waals surface area contributed by atoms with E-state index in [4.69, 9.17) is 10.00 Å². The maximum absolute atomic E-state index is 11.6. The summed E-state index contributed by atoms with van der Waals surface area (Å²) >= 11 is 0. The van der Waals surface area contributed by atoms with Crippen molar-refractivity contribution in [1.82, 2.24) is 10.2 Å². The summed E-state index contributed by atoms with van der Waals surface area (Å²) in [5.41, 5.74) is 0.452. The van der Waals surface area contributed by atoms with Crippen LogP contribution in [0.25, 0.3) is 0 Å². The number of carbonyl (C=O) groups is 1. The van der Waals surface area contributed by atoms with Gasteiger partial charge in [-0.25, -0.2) is 4.79 Å². The van der Waals surface area contributed by atoms with Crippen molar-refractivity contribution in [1.29, 1.82) is 5.26 Å². The second-order valence-electron chi connectivity index (χ2n) is 5.25. The van der Waals surface area contributed by atoms with Crippen LogP contribution >= 0.6 is 0 Å². The molecule has 0 saturated heterocycles. The molecule has 0 aliphatic heterocycles. The summed E-state index contributed by atoms with van der Waals surface area (Å²) in [6.07, 6.45) is -0.624. The molecule has 0 fully saturated rings. The summed E-state index contributed by atoms with van der Waals surface area (Å²) in [5, 5.41) is 18.2. The molecule has 6 heteroatoms. The zero-order valence-electron chi connectivity index (χ0n) is 11.3. The van der Waals surface area contributed by atoms with Crippen molar-refractivity contribution in [2.24, 2.45) is 0 Å². The highest BCUT2D eigenvalue weighted by atomic mass is 16.6. The Bertz CT molecular complexity index is 477. The van der Waals surface area contributed by atoms with Gasteiger partial charge in [0.2, 0.25) is 0 Å². The molecule has 1 amide bonds. The van der Waals surface area contributed by atoms with Crippen LogP contribution in [0.1, 0.15) is 51.8 Å². The van der Waals surface area contributed by atoms with Gasteiger partial charge in [0.15, 0.2) is 5.82 Å². The second kappa shape index (κ2) is 5.08. The van der Waals surface area contributed by atoms with Crippen LogP contribution in [0.2, 0.25) is 0 Å². The number of anilines is 1. The number of amides is 1. The number of aromatic nitrogens is 2. The van der Waals surface area contributed by atoms with E-state index in [1.165, 1.54) is 0 Å². The minimum absolute atomic E-state index is 0.126. The summed E-state index contributed by atoms with van der Waals surface area (Å²) < 4.78 is 5.10. The molecule has 18 heavy (non-hydrogen) atoms. The molecule has 0 saturated carbocycles. The molecule has 1 aromatic rings. The van der Waals surface area contributed by atoms with Gasteiger partial charge in [-0.1, -0.05) is 13.8 Å². The van der Waals surface area contributed by atoms with Crippen molar-refractivity contribution >= 4 is 11.9 Å². The molecule has 0 atom stereocenters. The van der Waals surface area contributed by atoms with Crippen LogP contribution in [0, 0.1) is 11.3 Å². The molecule has 0 bridgehead atoms. The number of aromatic amines is 1. The number of H-pyrrole nitrogens is 1. The van der Waals surface area contributed by atoms with Crippen LogP contribution in [0.4, 0.5) is 10.6 Å². The van der Waals surface area contributed by atoms with Crippen LogP contribution < -0.4 is 5.32 Å². The predicted octanol–water partition coefficient (Wildman–Crippen LogP) is 2.75. The van der Waals surface area contributed by atoms with E-state index in [1.54, 1.807) is 20.8 Å². The number of nitriles is 1. The smallest absolute Gasteiger partial charge is 0.413 e. The van der Waals surface area contributed by atoms with Gasteiger partial charge in [-0.15, -0.1) is 0 Å². The monoisotopic (exact) mass is 250 g/mol. The normalized spacial score (nSPS) is 11.2. The average Bonchev–Trinajstić information content (AvgIpc) is 2.57. The summed E-state index contributed by atoms with van der Waals surface area (Å²) in [6, 6.07) is 2.03. The summed E-state index contributed by atoms with van der Waals surface area (Å²) in [7, 11) is 0. The first kappa shape index (κ1) is 14.0. The van der Waals surface area contributed by atoms with Gasteiger partial charge in [0.1, 0.15) is 17.2 Å². The Labute approximate surface area is 106 Å². The number of hydrogen-bond acceptors (Lipinski definition) is 4. The van der Waals surface area contributed by atoms with E-state index in [1.807, 2.05) is 19.9 Å². The molecule has 0 spiro atoms. The largest absolute Gasteiger partial charge is 0.444 e. The van der Waals surface area contributed by atoms with E-state index in [-0.39, 0.29) is 11.7 Å². The lowest BCUT2D eigenvalue weighted by molar-refractivity contribution is 0.0635. The SMILES string of the molecule is CC(C)c1[nH]nc(NC(=O)OC(C)(C)C)c1C#N. The average molecular weight is 250 g/mol. The summed E-state index contributed by atoms with van der Waals surface area (Å²) in [6.45, 7) is 9.17. The third-order valence-corrected chi connectivity index (χ3v) is 2.10. The van der Waals surface area contributed by atoms with Gasteiger partial charge < -0.3 is 4.74 Å². The second-order valence-corrected chi connectivity index (χ2v) is 5.25. The molecule has 1 heterocycles. The maximum Gasteiger partial charge on any atom is 0.413 e. The quantitative estimate of drug-likeness (QED) is 0.844. The Balaban J connectivity index is 2.87. The van der Waals surface area contributed by atoms with E-state index in [0.717, 1.165) is 0 Å². The first-order chi connectivity index (χ1) is 8.24. The fourth-order valence-electron chi connectivity index (χ4n) is 1.38. The number of carbonyl (C=O) groups excluding carboxylic acids is 1. The molecule has 1 rings (SSSR count). The van der Waals surface area contributed by atoms with Gasteiger partial charge in [-0.2, -0.15) is 10.4 Å². The Morgan fingerprint density at radius 3 is 2.56 bits per heavy atom. The van der Waals surface area contributed by atoms with E-state index in [9.17, 15) is 4.79 Å². The molecule has 6 nitrogen and oxygen atoms in total. The summed E-state index contributed by atoms with van der Waals surface area (Å²) in [5.74, 6) is 0.330. The van der Waals surface area contributed by atoms with Crippen molar-refractivity contribution in [3.63, 3.8) is 0 Å². The molecular weight excluding hydrogens is 232 g/mol. The van der Waals surface area contributed by atoms with Crippen LogP contribution in [-0.2, 0) is 4.74 Å². The Morgan fingerprint density at radius 2 is 2.11 bits per heavy atom. The van der Waals surface area contributed by atoms with Crippen molar-refractivity contribution in [2.45, 2.75) is 46.1 Å². The van der Waals surface area contributed by atoms with Gasteiger partial charge in [0, 0.05) is 0 Å². The van der Waals surface area contributed by atoms with E-state index in [0.29, 0.717) is 11.3 Å². The highest BCUT2D eigenvalue weighted by molar-refractivity contribution is 5.85. The van der Waals surface area contributed by atoms with E-state index < -0.39 is 11.7 Å². The molecule has 2 N–H and O–H groups in total. The molecule has 0 aliphatic carbocycles. The molecule has 1 aromatic heterocycles. The minimum atomic E-state index is -0.624. The highest BCUT2D eigenvalue weighted by Crippen LogP contribution is 2.22. The van der Waals surface area contributed by atoms with Crippen LogP contribution in [0.3, 0.4) is 0 Å². The molecule has 98 valence electrons. The molecule has 0 unspecified atom stereocenters. The van der Waals surface area contributed by atoms with Crippen LogP contribution in [0.5, 0.6) is 0 Å². The van der Waals surface area contributed by atoms with Crippen molar-refractivity contribution in [3.8, 4) is 6.07 Å². The number of nitrogens with zero attached hydrogens (tertiary/aromatic N) is 2.